The summed E-state index contributed by atoms with van der Waals surface area (Å²) >= 11 is 0. The molecule has 3 rings (SSSR count). The third-order valence-electron chi connectivity index (χ3n) is 5.32. The highest BCUT2D eigenvalue weighted by molar-refractivity contribution is 5.94. The van der Waals surface area contributed by atoms with Crippen LogP contribution < -0.4 is 10.1 Å². The first kappa shape index (κ1) is 18.2. The van der Waals surface area contributed by atoms with Crippen molar-refractivity contribution in [1.82, 2.24) is 15.1 Å². The van der Waals surface area contributed by atoms with Crippen molar-refractivity contribution in [3.8, 4) is 5.75 Å². The molecule has 2 fully saturated rings. The average molecular weight is 345 g/mol. The molecular weight excluding hydrogens is 314 g/mol. The predicted octanol–water partition coefficient (Wildman–Crippen LogP) is 2.38. The molecule has 1 unspecified atom stereocenters. The molecule has 0 spiro atoms. The van der Waals surface area contributed by atoms with Crippen molar-refractivity contribution in [2.75, 3.05) is 46.4 Å². The van der Waals surface area contributed by atoms with E-state index in [2.05, 4.69) is 10.2 Å². The lowest BCUT2D eigenvalue weighted by Crippen LogP contribution is -2.33. The number of nitrogens with zero attached hydrogens (tertiary/aromatic N) is 2. The van der Waals surface area contributed by atoms with Gasteiger partial charge in [0, 0.05) is 31.2 Å². The second kappa shape index (κ2) is 9.20. The van der Waals surface area contributed by atoms with Crippen LogP contribution in [0.4, 0.5) is 0 Å². The van der Waals surface area contributed by atoms with Crippen LogP contribution in [0.2, 0.25) is 0 Å². The highest BCUT2D eigenvalue weighted by Crippen LogP contribution is 2.17. The van der Waals surface area contributed by atoms with Crippen molar-refractivity contribution in [1.29, 1.82) is 0 Å². The van der Waals surface area contributed by atoms with E-state index in [9.17, 15) is 4.79 Å². The number of carbonyl (C=O) groups excluding carboxylic acids is 1. The van der Waals surface area contributed by atoms with Crippen LogP contribution in [0.3, 0.4) is 0 Å². The van der Waals surface area contributed by atoms with Gasteiger partial charge in [0.25, 0.3) is 5.91 Å². The van der Waals surface area contributed by atoms with E-state index in [1.54, 1.807) is 0 Å². The number of carbonyl (C=O) groups is 1. The molecule has 5 nitrogen and oxygen atoms in total. The first-order valence-corrected chi connectivity index (χ1v) is 9.68. The Balaban J connectivity index is 1.40. The quantitative estimate of drug-likeness (QED) is 0.771. The summed E-state index contributed by atoms with van der Waals surface area (Å²) in [5.41, 5.74) is 0.748. The van der Waals surface area contributed by atoms with Gasteiger partial charge in [0.05, 0.1) is 6.61 Å². The standard InChI is InChI=1S/C20H31N3O2/c1-21-18-10-14-23(16-18)20(24)17-6-8-19(9-7-17)25-15-5-13-22-11-3-2-4-12-22/h6-9,18,21H,2-5,10-16H2,1H3. The van der Waals surface area contributed by atoms with E-state index in [-0.39, 0.29) is 5.91 Å². The molecule has 0 bridgehead atoms. The molecule has 2 aliphatic heterocycles. The molecule has 2 saturated heterocycles. The van der Waals surface area contributed by atoms with Crippen LogP contribution in [0, 0.1) is 0 Å². The van der Waals surface area contributed by atoms with Crippen molar-refractivity contribution in [2.24, 2.45) is 0 Å². The first-order valence-electron chi connectivity index (χ1n) is 9.68. The van der Waals surface area contributed by atoms with Crippen LogP contribution in [0.5, 0.6) is 5.75 Å². The summed E-state index contributed by atoms with van der Waals surface area (Å²) in [6.07, 6.45) is 6.14. The molecule has 1 aromatic carbocycles. The molecule has 25 heavy (non-hydrogen) atoms. The number of amides is 1. The summed E-state index contributed by atoms with van der Waals surface area (Å²) in [6.45, 7) is 5.96. The fourth-order valence-corrected chi connectivity index (χ4v) is 3.72. The Hall–Kier alpha value is -1.59. The van der Waals surface area contributed by atoms with Gasteiger partial charge in [-0.25, -0.2) is 0 Å². The lowest BCUT2D eigenvalue weighted by molar-refractivity contribution is 0.0789. The Labute approximate surface area is 151 Å². The maximum atomic E-state index is 12.5. The van der Waals surface area contributed by atoms with E-state index >= 15 is 0 Å². The molecule has 138 valence electrons. The second-order valence-electron chi connectivity index (χ2n) is 7.15. The van der Waals surface area contributed by atoms with Crippen LogP contribution in [0.1, 0.15) is 42.5 Å². The number of benzene rings is 1. The molecule has 0 aliphatic carbocycles. The van der Waals surface area contributed by atoms with Gasteiger partial charge in [-0.15, -0.1) is 0 Å². The minimum Gasteiger partial charge on any atom is -0.494 e. The Morgan fingerprint density at radius 2 is 1.92 bits per heavy atom. The number of nitrogens with one attached hydrogen (secondary N) is 1. The third-order valence-corrected chi connectivity index (χ3v) is 5.32. The van der Waals surface area contributed by atoms with E-state index in [1.807, 2.05) is 36.2 Å². The fourth-order valence-electron chi connectivity index (χ4n) is 3.72. The van der Waals surface area contributed by atoms with E-state index in [1.165, 1.54) is 32.4 Å². The van der Waals surface area contributed by atoms with Crippen molar-refractivity contribution in [3.63, 3.8) is 0 Å². The number of rotatable bonds is 7. The van der Waals surface area contributed by atoms with Crippen LogP contribution >= 0.6 is 0 Å². The Morgan fingerprint density at radius 3 is 2.60 bits per heavy atom. The number of hydrogen-bond donors (Lipinski definition) is 1. The van der Waals surface area contributed by atoms with Crippen molar-refractivity contribution >= 4 is 5.91 Å². The van der Waals surface area contributed by atoms with Crippen molar-refractivity contribution in [3.05, 3.63) is 29.8 Å². The number of likely N-dealkylation sites (N-methyl/N-ethyl adjacent to an activating group) is 1. The van der Waals surface area contributed by atoms with Crippen molar-refractivity contribution in [2.45, 2.75) is 38.1 Å². The second-order valence-corrected chi connectivity index (χ2v) is 7.15. The largest absolute Gasteiger partial charge is 0.494 e. The SMILES string of the molecule is CNC1CCN(C(=O)c2ccc(OCCCN3CCCCC3)cc2)C1. The van der Waals surface area contributed by atoms with E-state index < -0.39 is 0 Å². The highest BCUT2D eigenvalue weighted by Gasteiger charge is 2.25. The topological polar surface area (TPSA) is 44.8 Å². The number of likely N-dealkylation sites (tertiary alicyclic amines) is 2. The maximum absolute atomic E-state index is 12.5. The number of hydrogen-bond acceptors (Lipinski definition) is 4. The summed E-state index contributed by atoms with van der Waals surface area (Å²) in [6, 6.07) is 8.02. The smallest absolute Gasteiger partial charge is 0.253 e. The Bertz CT molecular complexity index is 540. The minimum absolute atomic E-state index is 0.120. The normalized spacial score (nSPS) is 21.5. The average Bonchev–Trinajstić information content (AvgIpc) is 3.15. The molecule has 1 N–H and O–H groups in total. The molecule has 1 amide bonds. The van der Waals surface area contributed by atoms with Gasteiger partial charge in [-0.3, -0.25) is 4.79 Å². The monoisotopic (exact) mass is 345 g/mol. The number of ether oxygens (including phenoxy) is 1. The van der Waals surface area contributed by atoms with Gasteiger partial charge in [0.15, 0.2) is 0 Å². The molecule has 0 saturated carbocycles. The van der Waals surface area contributed by atoms with Crippen LogP contribution in [-0.2, 0) is 0 Å². The lowest BCUT2D eigenvalue weighted by Gasteiger charge is -2.26. The van der Waals surface area contributed by atoms with Gasteiger partial charge in [0.2, 0.25) is 0 Å². The zero-order valence-corrected chi connectivity index (χ0v) is 15.4. The molecule has 1 aromatic rings. The summed E-state index contributed by atoms with van der Waals surface area (Å²) in [5.74, 6) is 0.971. The Kier molecular flexibility index (Phi) is 6.70. The summed E-state index contributed by atoms with van der Waals surface area (Å²) < 4.78 is 5.83. The maximum Gasteiger partial charge on any atom is 0.253 e. The van der Waals surface area contributed by atoms with Gasteiger partial charge < -0.3 is 19.9 Å². The molecule has 0 aromatic heterocycles. The van der Waals surface area contributed by atoms with E-state index in [4.69, 9.17) is 4.74 Å². The lowest BCUT2D eigenvalue weighted by atomic mass is 10.1. The summed E-state index contributed by atoms with van der Waals surface area (Å²) in [5, 5.41) is 3.24. The fraction of sp³-hybridized carbons (Fsp3) is 0.650. The highest BCUT2D eigenvalue weighted by atomic mass is 16.5. The first-order chi connectivity index (χ1) is 12.3. The van der Waals surface area contributed by atoms with Gasteiger partial charge >= 0.3 is 0 Å². The zero-order chi connectivity index (χ0) is 17.5. The molecule has 1 atom stereocenters. The molecule has 2 aliphatic rings. The van der Waals surface area contributed by atoms with Gasteiger partial charge in [-0.1, -0.05) is 6.42 Å². The van der Waals surface area contributed by atoms with Gasteiger partial charge in [-0.05, 0) is 70.1 Å². The molecule has 5 heteroatoms. The van der Waals surface area contributed by atoms with E-state index in [0.717, 1.165) is 50.4 Å². The minimum atomic E-state index is 0.120. The third kappa shape index (κ3) is 5.19. The summed E-state index contributed by atoms with van der Waals surface area (Å²) in [7, 11) is 1.95. The Morgan fingerprint density at radius 1 is 1.16 bits per heavy atom. The van der Waals surface area contributed by atoms with Crippen LogP contribution in [0.15, 0.2) is 24.3 Å². The molecule has 0 radical (unpaired) electrons. The predicted molar refractivity (Wildman–Crippen MR) is 100 cm³/mol. The molecular formula is C20H31N3O2. The van der Waals surface area contributed by atoms with Crippen molar-refractivity contribution < 1.29 is 9.53 Å². The van der Waals surface area contributed by atoms with Crippen LogP contribution in [-0.4, -0.2) is 68.1 Å². The zero-order valence-electron chi connectivity index (χ0n) is 15.4. The molecule has 2 heterocycles. The summed E-state index contributed by atoms with van der Waals surface area (Å²) in [4.78, 5) is 17.0. The van der Waals surface area contributed by atoms with E-state index in [0.29, 0.717) is 6.04 Å². The van der Waals surface area contributed by atoms with Crippen LogP contribution in [0.25, 0.3) is 0 Å². The van der Waals surface area contributed by atoms with Gasteiger partial charge in [0.1, 0.15) is 5.75 Å². The van der Waals surface area contributed by atoms with Gasteiger partial charge in [-0.2, -0.15) is 0 Å². The number of piperidine rings is 1.